The highest BCUT2D eigenvalue weighted by molar-refractivity contribution is 7.99. The minimum Gasteiger partial charge on any atom is -0.376 e. The van der Waals surface area contributed by atoms with Crippen LogP contribution in [0.1, 0.15) is 36.8 Å². The number of thioether (sulfide) groups is 1. The molecule has 1 aliphatic heterocycles. The quantitative estimate of drug-likeness (QED) is 0.318. The Hall–Kier alpha value is -1.89. The van der Waals surface area contributed by atoms with Gasteiger partial charge in [-0.15, -0.1) is 11.8 Å². The summed E-state index contributed by atoms with van der Waals surface area (Å²) < 4.78 is 6.95. The van der Waals surface area contributed by atoms with Gasteiger partial charge in [-0.25, -0.2) is 4.98 Å². The van der Waals surface area contributed by atoms with Crippen molar-refractivity contribution in [3.05, 3.63) is 53.6 Å². The number of nitrogens with zero attached hydrogens (tertiary/aromatic N) is 2. The predicted molar refractivity (Wildman–Crippen MR) is 127 cm³/mol. The Kier molecular flexibility index (Phi) is 7.08. The van der Waals surface area contributed by atoms with Crippen LogP contribution in [0, 0.1) is 13.8 Å². The molecule has 0 N–H and O–H groups in total. The highest BCUT2D eigenvalue weighted by Crippen LogP contribution is 2.31. The maximum atomic E-state index is 13.2. The van der Waals surface area contributed by atoms with Gasteiger partial charge in [0.25, 0.3) is 0 Å². The van der Waals surface area contributed by atoms with Crippen LogP contribution < -0.4 is 4.90 Å². The van der Waals surface area contributed by atoms with Crippen LogP contribution in [0.4, 0.5) is 5.13 Å². The van der Waals surface area contributed by atoms with Crippen LogP contribution in [0.15, 0.2) is 47.4 Å². The maximum Gasteiger partial charge on any atom is 0.228 e. The van der Waals surface area contributed by atoms with Crippen LogP contribution in [0.25, 0.3) is 10.2 Å². The van der Waals surface area contributed by atoms with Gasteiger partial charge in [-0.05, 0) is 68.7 Å². The van der Waals surface area contributed by atoms with Gasteiger partial charge in [-0.3, -0.25) is 9.69 Å². The van der Waals surface area contributed by atoms with Crippen LogP contribution in [0.2, 0.25) is 0 Å². The predicted octanol–water partition coefficient (Wildman–Crippen LogP) is 6.00. The fourth-order valence-corrected chi connectivity index (χ4v) is 5.54. The van der Waals surface area contributed by atoms with Crippen molar-refractivity contribution in [1.82, 2.24) is 4.98 Å². The van der Waals surface area contributed by atoms with Gasteiger partial charge in [0.2, 0.25) is 5.91 Å². The van der Waals surface area contributed by atoms with Crippen molar-refractivity contribution in [2.45, 2.75) is 50.5 Å². The Bertz CT molecular complexity index is 994. The highest BCUT2D eigenvalue weighted by atomic mass is 32.2. The number of hydrogen-bond acceptors (Lipinski definition) is 5. The molecule has 1 unspecified atom stereocenters. The maximum absolute atomic E-state index is 13.2. The van der Waals surface area contributed by atoms with Crippen LogP contribution in [-0.4, -0.2) is 35.9 Å². The van der Waals surface area contributed by atoms with Gasteiger partial charge in [0.15, 0.2) is 5.13 Å². The summed E-state index contributed by atoms with van der Waals surface area (Å²) in [4.78, 5) is 21.0. The molecule has 1 amide bonds. The first-order chi connectivity index (χ1) is 14.6. The average Bonchev–Trinajstić information content (AvgIpc) is 3.39. The molecule has 3 aromatic rings. The lowest BCUT2D eigenvalue weighted by atomic mass is 10.2. The summed E-state index contributed by atoms with van der Waals surface area (Å²) in [5, 5.41) is 0.794. The summed E-state index contributed by atoms with van der Waals surface area (Å²) in [6, 6.07) is 14.8. The molecular formula is C24H28N2O2S2. The molecule has 30 heavy (non-hydrogen) atoms. The number of benzene rings is 2. The second kappa shape index (κ2) is 9.94. The molecule has 4 nitrogen and oxygen atoms in total. The fraction of sp³-hybridized carbons (Fsp3) is 0.417. The van der Waals surface area contributed by atoms with Gasteiger partial charge in [-0.1, -0.05) is 35.1 Å². The van der Waals surface area contributed by atoms with Crippen molar-refractivity contribution >= 4 is 44.4 Å². The molecule has 2 aromatic carbocycles. The number of thiazole rings is 1. The summed E-state index contributed by atoms with van der Waals surface area (Å²) >= 11 is 3.41. The van der Waals surface area contributed by atoms with E-state index in [0.717, 1.165) is 47.0 Å². The number of fused-ring (bicyclic) bond motifs is 1. The summed E-state index contributed by atoms with van der Waals surface area (Å²) in [6.07, 6.45) is 3.57. The van der Waals surface area contributed by atoms with E-state index in [4.69, 9.17) is 9.72 Å². The molecule has 0 spiro atoms. The third-order valence-electron chi connectivity index (χ3n) is 5.30. The average molecular weight is 441 g/mol. The topological polar surface area (TPSA) is 42.4 Å². The summed E-state index contributed by atoms with van der Waals surface area (Å²) in [6.45, 7) is 5.57. The second-order valence-electron chi connectivity index (χ2n) is 7.87. The third-order valence-corrected chi connectivity index (χ3v) is 7.44. The number of carbonyl (C=O) groups is 1. The molecule has 4 rings (SSSR count). The lowest BCUT2D eigenvalue weighted by molar-refractivity contribution is -0.119. The SMILES string of the molecule is Cc1ccc(SCCCC(=O)N(CC2CCCO2)c2nc3ccc(C)cc3s2)cc1. The van der Waals surface area contributed by atoms with E-state index in [2.05, 4.69) is 50.2 Å². The van der Waals surface area contributed by atoms with Crippen molar-refractivity contribution < 1.29 is 9.53 Å². The summed E-state index contributed by atoms with van der Waals surface area (Å²) in [5.41, 5.74) is 3.44. The Morgan fingerprint density at radius 3 is 2.77 bits per heavy atom. The molecule has 0 saturated carbocycles. The molecule has 6 heteroatoms. The Morgan fingerprint density at radius 2 is 2.00 bits per heavy atom. The number of rotatable bonds is 8. The normalized spacial score (nSPS) is 16.3. The van der Waals surface area contributed by atoms with Crippen molar-refractivity contribution in [2.75, 3.05) is 23.8 Å². The van der Waals surface area contributed by atoms with Gasteiger partial charge >= 0.3 is 0 Å². The molecule has 1 aromatic heterocycles. The molecule has 158 valence electrons. The smallest absolute Gasteiger partial charge is 0.228 e. The van der Waals surface area contributed by atoms with Gasteiger partial charge in [0, 0.05) is 17.9 Å². The molecular weight excluding hydrogens is 412 g/mol. The van der Waals surface area contributed by atoms with Crippen molar-refractivity contribution in [2.24, 2.45) is 0 Å². The van der Waals surface area contributed by atoms with E-state index in [1.165, 1.54) is 16.0 Å². The highest BCUT2D eigenvalue weighted by Gasteiger charge is 2.25. The first-order valence-electron chi connectivity index (χ1n) is 10.6. The van der Waals surface area contributed by atoms with Crippen molar-refractivity contribution in [3.63, 3.8) is 0 Å². The zero-order valence-corrected chi connectivity index (χ0v) is 19.2. The minimum absolute atomic E-state index is 0.115. The third kappa shape index (κ3) is 5.42. The Morgan fingerprint density at radius 1 is 1.20 bits per heavy atom. The zero-order valence-electron chi connectivity index (χ0n) is 17.6. The molecule has 2 heterocycles. The first-order valence-corrected chi connectivity index (χ1v) is 12.4. The van der Waals surface area contributed by atoms with Crippen LogP contribution in [0.3, 0.4) is 0 Å². The number of amides is 1. The standard InChI is InChI=1S/C24H28N2O2S2/c1-17-7-10-20(11-8-17)29-14-4-6-23(27)26(16-19-5-3-13-28-19)24-25-21-12-9-18(2)15-22(21)30-24/h7-12,15,19H,3-6,13-14,16H2,1-2H3. The Balaban J connectivity index is 1.41. The summed E-state index contributed by atoms with van der Waals surface area (Å²) in [5.74, 6) is 1.08. The van der Waals surface area contributed by atoms with Crippen LogP contribution >= 0.6 is 23.1 Å². The number of anilines is 1. The molecule has 0 aliphatic carbocycles. The largest absolute Gasteiger partial charge is 0.376 e. The molecule has 0 bridgehead atoms. The van der Waals surface area contributed by atoms with E-state index < -0.39 is 0 Å². The minimum atomic E-state index is 0.115. The lowest BCUT2D eigenvalue weighted by Crippen LogP contribution is -2.37. The zero-order chi connectivity index (χ0) is 20.9. The van der Waals surface area contributed by atoms with Gasteiger partial charge in [0.1, 0.15) is 0 Å². The number of carbonyl (C=O) groups excluding carboxylic acids is 1. The van der Waals surface area contributed by atoms with E-state index in [0.29, 0.717) is 13.0 Å². The monoisotopic (exact) mass is 440 g/mol. The molecule has 1 atom stereocenters. The fourth-order valence-electron chi connectivity index (χ4n) is 3.60. The van der Waals surface area contributed by atoms with Gasteiger partial charge in [-0.2, -0.15) is 0 Å². The van der Waals surface area contributed by atoms with E-state index in [1.54, 1.807) is 11.3 Å². The van der Waals surface area contributed by atoms with E-state index in [1.807, 2.05) is 22.7 Å². The molecule has 0 radical (unpaired) electrons. The van der Waals surface area contributed by atoms with Crippen LogP contribution in [0.5, 0.6) is 0 Å². The van der Waals surface area contributed by atoms with Crippen LogP contribution in [-0.2, 0) is 9.53 Å². The summed E-state index contributed by atoms with van der Waals surface area (Å²) in [7, 11) is 0. The molecule has 1 saturated heterocycles. The molecule has 1 fully saturated rings. The van der Waals surface area contributed by atoms with Crippen molar-refractivity contribution in [1.29, 1.82) is 0 Å². The van der Waals surface area contributed by atoms with Gasteiger partial charge in [0.05, 0.1) is 22.9 Å². The van der Waals surface area contributed by atoms with E-state index in [-0.39, 0.29) is 12.0 Å². The van der Waals surface area contributed by atoms with E-state index in [9.17, 15) is 4.79 Å². The lowest BCUT2D eigenvalue weighted by Gasteiger charge is -2.23. The first kappa shape index (κ1) is 21.3. The second-order valence-corrected chi connectivity index (χ2v) is 10.0. The number of aromatic nitrogens is 1. The number of hydrogen-bond donors (Lipinski definition) is 0. The number of aryl methyl sites for hydroxylation is 2. The molecule has 1 aliphatic rings. The van der Waals surface area contributed by atoms with Crippen molar-refractivity contribution in [3.8, 4) is 0 Å². The Labute approximate surface area is 186 Å². The van der Waals surface area contributed by atoms with E-state index >= 15 is 0 Å². The number of ether oxygens (including phenoxy) is 1. The van der Waals surface area contributed by atoms with Gasteiger partial charge < -0.3 is 4.74 Å².